The predicted molar refractivity (Wildman–Crippen MR) is 157 cm³/mol. The number of carboxylic acids is 1. The van der Waals surface area contributed by atoms with Crippen molar-refractivity contribution in [3.8, 4) is 5.75 Å². The Morgan fingerprint density at radius 1 is 1.22 bits per heavy atom. The first kappa shape index (κ1) is 37.4. The molecule has 2 aromatic heterocycles. The lowest BCUT2D eigenvalue weighted by molar-refractivity contribution is -0.676. The summed E-state index contributed by atoms with van der Waals surface area (Å²) >= 11 is 5.87. The standard InChI is InChI=1S/C25H34ClN6O5P.C2HF3O2/c1-5-31-19-10-9-18(37-15-17(33)8-7-11-36-16-38(3,4)35)12-20(19)32(6-2)22(31)14-29-25(34)23-24(27)28-13-21(26)30-23;3-2(4,5)1(6)7/h9-10,12-13H,5-8,11,14-16H2,1-4H3,(H2-,27,28,29,34);(H,6,7). The van der Waals surface area contributed by atoms with Crippen LogP contribution in [-0.2, 0) is 38.5 Å². The lowest BCUT2D eigenvalue weighted by Gasteiger charge is -2.08. The smallest absolute Gasteiger partial charge is 0.430 e. The summed E-state index contributed by atoms with van der Waals surface area (Å²) in [5.41, 5.74) is 7.66. The van der Waals surface area contributed by atoms with Crippen LogP contribution in [0.25, 0.3) is 11.0 Å². The van der Waals surface area contributed by atoms with Crippen LogP contribution in [0.15, 0.2) is 24.4 Å². The maximum Gasteiger partial charge on any atom is 0.430 e. The van der Waals surface area contributed by atoms with Crippen LogP contribution >= 0.6 is 18.7 Å². The lowest BCUT2D eigenvalue weighted by Crippen LogP contribution is -2.40. The number of ketones is 1. The van der Waals surface area contributed by atoms with E-state index >= 15 is 0 Å². The van der Waals surface area contributed by atoms with Gasteiger partial charge < -0.3 is 35.0 Å². The molecule has 0 saturated carbocycles. The Labute approximate surface area is 262 Å². The molecule has 0 atom stereocenters. The molecule has 0 unspecified atom stereocenters. The van der Waals surface area contributed by atoms with Crippen molar-refractivity contribution in [3.63, 3.8) is 0 Å². The number of amides is 1. The number of aromatic nitrogens is 4. The average molecular weight is 679 g/mol. The number of halogens is 4. The molecule has 3 aromatic rings. The van der Waals surface area contributed by atoms with E-state index in [9.17, 15) is 27.3 Å². The highest BCUT2D eigenvalue weighted by molar-refractivity contribution is 7.62. The molecule has 18 heteroatoms. The van der Waals surface area contributed by atoms with Crippen LogP contribution in [0.2, 0.25) is 5.15 Å². The molecule has 0 radical (unpaired) electrons. The second-order valence-corrected chi connectivity index (χ2v) is 13.8. The zero-order valence-corrected chi connectivity index (χ0v) is 26.8. The first-order chi connectivity index (χ1) is 21.0. The van der Waals surface area contributed by atoms with Crippen molar-refractivity contribution in [1.29, 1.82) is 0 Å². The van der Waals surface area contributed by atoms with Gasteiger partial charge >= 0.3 is 6.18 Å². The van der Waals surface area contributed by atoms with Gasteiger partial charge in [-0.1, -0.05) is 11.6 Å². The summed E-state index contributed by atoms with van der Waals surface area (Å²) in [7, 11) is -2.21. The minimum absolute atomic E-state index is 0.00269. The molecule has 1 aromatic carbocycles. The number of nitrogens with one attached hydrogen (secondary N) is 1. The van der Waals surface area contributed by atoms with Gasteiger partial charge in [-0.2, -0.15) is 13.2 Å². The van der Waals surface area contributed by atoms with Gasteiger partial charge in [0, 0.05) is 19.1 Å². The number of carbonyl (C=O) groups excluding carboxylic acids is 3. The number of imidazole rings is 1. The number of carboxylic acid groups (broad SMARTS) is 1. The number of Topliss-reactive ketones (excluding diaryl/α,β-unsaturated/α-hetero) is 1. The van der Waals surface area contributed by atoms with Crippen molar-refractivity contribution in [3.05, 3.63) is 41.1 Å². The van der Waals surface area contributed by atoms with Crippen molar-refractivity contribution >= 4 is 53.3 Å². The van der Waals surface area contributed by atoms with E-state index in [1.807, 2.05) is 32.0 Å². The molecule has 13 nitrogen and oxygen atoms in total. The molecule has 0 aliphatic rings. The van der Waals surface area contributed by atoms with Gasteiger partial charge in [-0.05, 0) is 45.7 Å². The summed E-state index contributed by atoms with van der Waals surface area (Å²) in [6.45, 7) is 9.29. The number of nitrogens with two attached hydrogens (primary N) is 1. The van der Waals surface area contributed by atoms with E-state index in [4.69, 9.17) is 36.7 Å². The Morgan fingerprint density at radius 3 is 2.47 bits per heavy atom. The van der Waals surface area contributed by atoms with Gasteiger partial charge in [-0.25, -0.2) is 19.1 Å². The number of nitrogens with zero attached hydrogens (tertiary/aromatic N) is 4. The molecule has 2 heterocycles. The zero-order chi connectivity index (χ0) is 33.9. The molecule has 3 N–H and O–H groups in total. The van der Waals surface area contributed by atoms with Crippen LogP contribution in [0, 0.1) is 0 Å². The molecular weight excluding hydrogens is 644 g/mol. The fraction of sp³-hybridized carbons (Fsp3) is 0.481. The Bertz CT molecular complexity index is 1560. The van der Waals surface area contributed by atoms with Gasteiger partial charge in [-0.15, -0.1) is 0 Å². The van der Waals surface area contributed by atoms with Crippen LogP contribution in [0.3, 0.4) is 0 Å². The van der Waals surface area contributed by atoms with Gasteiger partial charge in [0.15, 0.2) is 28.3 Å². The summed E-state index contributed by atoms with van der Waals surface area (Å²) in [5, 5.41) is 11.7. The Hall–Kier alpha value is -3.75. The van der Waals surface area contributed by atoms with E-state index in [-0.39, 0.29) is 41.9 Å². The van der Waals surface area contributed by atoms with Crippen LogP contribution < -0.4 is 25.5 Å². The highest BCUT2D eigenvalue weighted by Gasteiger charge is 2.29. The number of ether oxygens (including phenoxy) is 2. The van der Waals surface area contributed by atoms with Crippen molar-refractivity contribution < 1.29 is 51.3 Å². The molecule has 45 heavy (non-hydrogen) atoms. The Morgan fingerprint density at radius 2 is 1.89 bits per heavy atom. The summed E-state index contributed by atoms with van der Waals surface area (Å²) < 4.78 is 58.5. The molecule has 0 spiro atoms. The number of hydrogen-bond donors (Lipinski definition) is 2. The summed E-state index contributed by atoms with van der Waals surface area (Å²) in [4.78, 5) is 41.6. The van der Waals surface area contributed by atoms with E-state index in [0.29, 0.717) is 38.3 Å². The molecule has 248 valence electrons. The van der Waals surface area contributed by atoms with E-state index in [1.165, 1.54) is 6.20 Å². The molecule has 0 saturated heterocycles. The molecule has 0 fully saturated rings. The first-order valence-electron chi connectivity index (χ1n) is 13.6. The number of aryl methyl sites for hydroxylation is 2. The molecule has 0 aliphatic carbocycles. The quantitative estimate of drug-likeness (QED) is 0.146. The molecule has 0 bridgehead atoms. The number of hydrogen-bond acceptors (Lipinski definition) is 10. The Balaban J connectivity index is 0.000000900. The molecular formula is C27H35ClF3N6O7P. The van der Waals surface area contributed by atoms with Crippen molar-refractivity contribution in [1.82, 2.24) is 19.9 Å². The van der Waals surface area contributed by atoms with Gasteiger partial charge in [0.05, 0.1) is 25.6 Å². The number of nitrogen functional groups attached to an aromatic ring is 1. The highest BCUT2D eigenvalue weighted by Crippen LogP contribution is 2.35. The van der Waals surface area contributed by atoms with Crippen LogP contribution in [0.4, 0.5) is 19.0 Å². The third-order valence-corrected chi connectivity index (χ3v) is 6.94. The number of rotatable bonds is 14. The maximum absolute atomic E-state index is 12.7. The number of carbonyl (C=O) groups is 3. The molecule has 1 amide bonds. The number of aliphatic carboxylic acids is 1. The second-order valence-electron chi connectivity index (χ2n) is 9.99. The largest absolute Gasteiger partial charge is 0.542 e. The monoisotopic (exact) mass is 678 g/mol. The maximum atomic E-state index is 12.7. The van der Waals surface area contributed by atoms with E-state index in [2.05, 4.69) is 24.4 Å². The first-order valence-corrected chi connectivity index (χ1v) is 16.8. The number of alkyl halides is 3. The van der Waals surface area contributed by atoms with Gasteiger partial charge in [0.1, 0.15) is 37.2 Å². The van der Waals surface area contributed by atoms with E-state index in [0.717, 1.165) is 16.9 Å². The zero-order valence-electron chi connectivity index (χ0n) is 25.1. The summed E-state index contributed by atoms with van der Waals surface area (Å²) in [6.07, 6.45) is -2.81. The van der Waals surface area contributed by atoms with E-state index < -0.39 is 25.2 Å². The normalized spacial score (nSPS) is 11.6. The molecule has 0 aliphatic heterocycles. The summed E-state index contributed by atoms with van der Waals surface area (Å²) in [5.74, 6) is -2.06. The minimum atomic E-state index is -5.19. The third-order valence-electron chi connectivity index (χ3n) is 5.96. The van der Waals surface area contributed by atoms with Crippen LogP contribution in [0.1, 0.15) is 43.0 Å². The van der Waals surface area contributed by atoms with Crippen molar-refractivity contribution in [2.24, 2.45) is 0 Å². The predicted octanol–water partition coefficient (Wildman–Crippen LogP) is 2.55. The molecule has 3 rings (SSSR count). The number of fused-ring (bicyclic) bond motifs is 1. The van der Waals surface area contributed by atoms with Crippen molar-refractivity contribution in [2.45, 2.75) is 52.5 Å². The van der Waals surface area contributed by atoms with Crippen LogP contribution in [-0.4, -0.2) is 71.3 Å². The number of anilines is 1. The van der Waals surface area contributed by atoms with Crippen LogP contribution in [0.5, 0.6) is 5.75 Å². The third kappa shape index (κ3) is 11.6. The lowest BCUT2D eigenvalue weighted by atomic mass is 10.2. The summed E-state index contributed by atoms with van der Waals surface area (Å²) in [6, 6.07) is 5.67. The highest BCUT2D eigenvalue weighted by atomic mass is 35.5. The minimum Gasteiger partial charge on any atom is -0.542 e. The SMILES string of the molecule is CCn1c(CNC(=O)c2nc(Cl)cnc2N)[n+](CC)c2ccc(OCC(=O)CCCOCP(C)(C)=O)cc21.O=C([O-])C(F)(F)F. The van der Waals surface area contributed by atoms with E-state index in [1.54, 1.807) is 13.3 Å². The fourth-order valence-corrected chi connectivity index (χ4v) is 4.74. The van der Waals surface area contributed by atoms with Gasteiger partial charge in [0.25, 0.3) is 11.7 Å². The number of benzene rings is 1. The average Bonchev–Trinajstić information content (AvgIpc) is 3.26. The fourth-order valence-electron chi connectivity index (χ4n) is 4.04. The second kappa shape index (κ2) is 16.5. The van der Waals surface area contributed by atoms with Gasteiger partial charge in [0.2, 0.25) is 0 Å². The van der Waals surface area contributed by atoms with Gasteiger partial charge in [-0.3, -0.25) is 9.59 Å². The van der Waals surface area contributed by atoms with Crippen molar-refractivity contribution in [2.75, 3.05) is 38.6 Å². The topological polar surface area (TPSA) is 182 Å². The Kier molecular flexibility index (Phi) is 13.8.